The highest BCUT2D eigenvalue weighted by atomic mass is 32.2. The van der Waals surface area contributed by atoms with E-state index in [9.17, 15) is 60.7 Å². The summed E-state index contributed by atoms with van der Waals surface area (Å²) in [6.45, 7) is 6.44. The Bertz CT molecular complexity index is 1620. The fourth-order valence-electron chi connectivity index (χ4n) is 4.68. The van der Waals surface area contributed by atoms with Gasteiger partial charge in [-0.25, -0.2) is 16.8 Å². The second kappa shape index (κ2) is 11.0. The van der Waals surface area contributed by atoms with E-state index >= 15 is 0 Å². The van der Waals surface area contributed by atoms with Crippen molar-refractivity contribution in [3.8, 4) is 0 Å². The Morgan fingerprint density at radius 1 is 0.744 bits per heavy atom. The van der Waals surface area contributed by atoms with Crippen LogP contribution in [0.1, 0.15) is 37.3 Å². The van der Waals surface area contributed by atoms with Crippen LogP contribution in [0.3, 0.4) is 0 Å². The standard InChI is InChI=1S/C17H7F10NO4S2.C8H18N/c18-14(19,20)16(24,25)33(29,30)11-6-9-8-4-2-1-3-7(8)5-10(9)12(28)13(11)34(31,32)17(26,27)15(21,22)23;1-3-9(2)7-5-4-6-8-9/h1-6,28H;3-8H2,1-2H3/q;+1. The minimum atomic E-state index is -7.40. The lowest BCUT2D eigenvalue weighted by molar-refractivity contribution is -0.912. The second-order valence-electron chi connectivity index (χ2n) is 10.3. The molecule has 18 heteroatoms. The number of nitrogens with one attached hydrogen (secondary N) is 1. The van der Waals surface area contributed by atoms with Crippen molar-refractivity contribution in [2.24, 2.45) is 0 Å². The topological polar surface area (TPSA) is 92.1 Å². The van der Waals surface area contributed by atoms with Gasteiger partial charge in [0, 0.05) is 5.57 Å². The molecule has 0 bridgehead atoms. The third-order valence-corrected chi connectivity index (χ3v) is 11.2. The van der Waals surface area contributed by atoms with Gasteiger partial charge in [-0.15, -0.1) is 0 Å². The molecule has 0 aromatic heterocycles. The number of hydrogen-bond donors (Lipinski definition) is 1. The van der Waals surface area contributed by atoms with Crippen LogP contribution in [-0.2, 0) is 19.7 Å². The maximum absolute atomic E-state index is 13.9. The summed E-state index contributed by atoms with van der Waals surface area (Å²) in [5.41, 5.74) is -3.48. The Morgan fingerprint density at radius 3 is 1.70 bits per heavy atom. The lowest BCUT2D eigenvalue weighted by Gasteiger charge is -2.36. The number of benzene rings is 1. The van der Waals surface area contributed by atoms with Crippen molar-refractivity contribution in [3.63, 3.8) is 0 Å². The van der Waals surface area contributed by atoms with Gasteiger partial charge >= 0.3 is 22.9 Å². The maximum atomic E-state index is 13.9. The van der Waals surface area contributed by atoms with Crippen molar-refractivity contribution < 1.29 is 65.2 Å². The molecule has 2 aliphatic carbocycles. The molecule has 1 N–H and O–H groups in total. The number of piperidine rings is 1. The zero-order valence-electron chi connectivity index (χ0n) is 22.4. The highest BCUT2D eigenvalue weighted by molar-refractivity contribution is 8.01. The molecule has 0 saturated carbocycles. The highest BCUT2D eigenvalue weighted by Crippen LogP contribution is 2.52. The van der Waals surface area contributed by atoms with E-state index in [4.69, 9.17) is 5.41 Å². The Morgan fingerprint density at radius 2 is 1.23 bits per heavy atom. The first-order valence-electron chi connectivity index (χ1n) is 12.5. The number of hydrogen-bond acceptors (Lipinski definition) is 5. The normalized spacial score (nSPS) is 19.6. The molecule has 43 heavy (non-hydrogen) atoms. The van der Waals surface area contributed by atoms with Crippen LogP contribution >= 0.6 is 0 Å². The van der Waals surface area contributed by atoms with Crippen LogP contribution in [0.25, 0.3) is 11.6 Å². The molecule has 1 saturated heterocycles. The molecule has 0 unspecified atom stereocenters. The van der Waals surface area contributed by atoms with Gasteiger partial charge in [-0.05, 0) is 55.0 Å². The van der Waals surface area contributed by atoms with Crippen molar-refractivity contribution in [2.45, 2.75) is 49.0 Å². The summed E-state index contributed by atoms with van der Waals surface area (Å²) in [5.74, 6) is 0. The quantitative estimate of drug-likeness (QED) is 0.286. The molecule has 4 rings (SSSR count). The molecular formula is C25H25F10N2O4S2+. The van der Waals surface area contributed by atoms with Crippen LogP contribution in [-0.4, -0.2) is 76.6 Å². The summed E-state index contributed by atoms with van der Waals surface area (Å²) in [6, 6.07) is 4.95. The molecular weight excluding hydrogens is 646 g/mol. The van der Waals surface area contributed by atoms with E-state index in [1.807, 2.05) is 0 Å². The number of fused-ring (bicyclic) bond motifs is 3. The van der Waals surface area contributed by atoms with Crippen molar-refractivity contribution in [3.05, 3.63) is 56.9 Å². The van der Waals surface area contributed by atoms with Gasteiger partial charge in [0.15, 0.2) is 0 Å². The Kier molecular flexibility index (Phi) is 8.90. The third kappa shape index (κ3) is 5.77. The molecule has 0 radical (unpaired) electrons. The fraction of sp³-hybridized carbons (Fsp3) is 0.480. The zero-order valence-corrected chi connectivity index (χ0v) is 24.0. The predicted octanol–water partition coefficient (Wildman–Crippen LogP) is 6.49. The lowest BCUT2D eigenvalue weighted by atomic mass is 9.95. The van der Waals surface area contributed by atoms with E-state index in [0.717, 1.165) is 12.1 Å². The summed E-state index contributed by atoms with van der Waals surface area (Å²) in [7, 11) is -12.4. The first kappa shape index (κ1) is 34.8. The molecule has 1 aromatic carbocycles. The van der Waals surface area contributed by atoms with Crippen LogP contribution in [0.4, 0.5) is 43.9 Å². The van der Waals surface area contributed by atoms with Gasteiger partial charge in [0.1, 0.15) is 4.91 Å². The summed E-state index contributed by atoms with van der Waals surface area (Å²) in [6.07, 6.45) is -8.86. The van der Waals surface area contributed by atoms with Crippen LogP contribution in [0, 0.1) is 5.41 Å². The first-order valence-corrected chi connectivity index (χ1v) is 15.4. The minimum Gasteiger partial charge on any atom is -0.326 e. The van der Waals surface area contributed by atoms with Gasteiger partial charge in [-0.3, -0.25) is 5.41 Å². The van der Waals surface area contributed by atoms with Crippen molar-refractivity contribution >= 4 is 37.0 Å². The molecule has 0 amide bonds. The summed E-state index contributed by atoms with van der Waals surface area (Å²) in [4.78, 5) is -5.57. The van der Waals surface area contributed by atoms with E-state index < -0.39 is 69.2 Å². The lowest BCUT2D eigenvalue weighted by Crippen LogP contribution is -2.48. The second-order valence-corrected chi connectivity index (χ2v) is 14.1. The van der Waals surface area contributed by atoms with Gasteiger partial charge in [0.25, 0.3) is 19.7 Å². The highest BCUT2D eigenvalue weighted by Gasteiger charge is 2.72. The SMILES string of the molecule is CC[N+]1(C)CCCCC1.N=C1C2=Cc3ccccc3C2=CC(S(=O)(=O)C(F)(F)C(F)(F)F)=C1S(=O)(=O)C(F)(F)C(F)(F)F. The number of rotatable bonds is 5. The predicted molar refractivity (Wildman–Crippen MR) is 137 cm³/mol. The smallest absolute Gasteiger partial charge is 0.326 e. The van der Waals surface area contributed by atoms with Crippen LogP contribution in [0.15, 0.2) is 45.7 Å². The Labute approximate surface area is 240 Å². The van der Waals surface area contributed by atoms with Gasteiger partial charge < -0.3 is 4.48 Å². The molecule has 0 atom stereocenters. The van der Waals surface area contributed by atoms with Crippen molar-refractivity contribution in [1.29, 1.82) is 5.41 Å². The number of likely N-dealkylation sites (tertiary alicyclic amines) is 1. The number of halogens is 10. The monoisotopic (exact) mass is 671 g/mol. The molecule has 1 fully saturated rings. The number of allylic oxidation sites excluding steroid dienone is 4. The van der Waals surface area contributed by atoms with Crippen molar-refractivity contribution in [2.75, 3.05) is 26.7 Å². The van der Waals surface area contributed by atoms with Crippen LogP contribution < -0.4 is 0 Å². The average molecular weight is 672 g/mol. The zero-order chi connectivity index (χ0) is 33.0. The summed E-state index contributed by atoms with van der Waals surface area (Å²) in [5, 5.41) is -5.85. The van der Waals surface area contributed by atoms with Gasteiger partial charge in [-0.2, -0.15) is 43.9 Å². The van der Waals surface area contributed by atoms with Gasteiger partial charge in [0.2, 0.25) is 0 Å². The van der Waals surface area contributed by atoms with Crippen LogP contribution in [0.5, 0.6) is 0 Å². The van der Waals surface area contributed by atoms with E-state index in [2.05, 4.69) is 14.0 Å². The molecule has 6 nitrogen and oxygen atoms in total. The number of sulfone groups is 2. The maximum Gasteiger partial charge on any atom is 0.469 e. The average Bonchev–Trinajstić information content (AvgIpc) is 3.27. The molecule has 3 aliphatic rings. The fourth-order valence-corrected chi connectivity index (χ4v) is 7.80. The molecule has 240 valence electrons. The third-order valence-electron chi connectivity index (χ3n) is 7.39. The van der Waals surface area contributed by atoms with Crippen LogP contribution in [0.2, 0.25) is 0 Å². The van der Waals surface area contributed by atoms with Gasteiger partial charge in [0.05, 0.1) is 37.3 Å². The van der Waals surface area contributed by atoms with E-state index in [-0.39, 0.29) is 17.2 Å². The summed E-state index contributed by atoms with van der Waals surface area (Å²) < 4.78 is 183. The number of quaternary nitrogens is 1. The molecule has 1 aromatic rings. The molecule has 1 heterocycles. The van der Waals surface area contributed by atoms with E-state index in [1.165, 1.54) is 61.6 Å². The largest absolute Gasteiger partial charge is 0.469 e. The Balaban J connectivity index is 0.000000480. The number of nitrogens with zero attached hydrogens (tertiary/aromatic N) is 1. The van der Waals surface area contributed by atoms with E-state index in [0.29, 0.717) is 0 Å². The van der Waals surface area contributed by atoms with Crippen molar-refractivity contribution in [1.82, 2.24) is 0 Å². The van der Waals surface area contributed by atoms with Gasteiger partial charge in [-0.1, -0.05) is 24.3 Å². The summed E-state index contributed by atoms with van der Waals surface area (Å²) >= 11 is 0. The molecule has 1 aliphatic heterocycles. The van der Waals surface area contributed by atoms with E-state index in [1.54, 1.807) is 0 Å². The Hall–Kier alpha value is -2.73. The minimum absolute atomic E-state index is 0.0223. The number of alkyl halides is 10. The molecule has 0 spiro atoms. The first-order chi connectivity index (χ1) is 19.4.